The van der Waals surface area contributed by atoms with Crippen LogP contribution < -0.4 is 14.8 Å². The number of rotatable bonds is 8. The van der Waals surface area contributed by atoms with Crippen LogP contribution in [0.2, 0.25) is 0 Å². The molecule has 2 fully saturated rings. The minimum Gasteiger partial charge on any atom is -0.490 e. The first-order chi connectivity index (χ1) is 16.0. The molecule has 4 heteroatoms. The molecule has 0 atom stereocenters. The molecule has 2 aromatic carbocycles. The van der Waals surface area contributed by atoms with Crippen LogP contribution in [0.5, 0.6) is 11.5 Å². The summed E-state index contributed by atoms with van der Waals surface area (Å²) in [7, 11) is -0.246. The molecule has 2 saturated carbocycles. The van der Waals surface area contributed by atoms with E-state index < -0.39 is 0 Å². The molecule has 0 aromatic heterocycles. The Morgan fingerprint density at radius 3 is 1.71 bits per heavy atom. The normalized spacial score (nSPS) is 17.7. The molecule has 0 aliphatic heterocycles. The second-order valence-electron chi connectivity index (χ2n) is 10.5. The van der Waals surface area contributed by atoms with Gasteiger partial charge in [-0.25, -0.2) is 0 Å². The minimum absolute atomic E-state index is 0. The van der Waals surface area contributed by atoms with E-state index in [9.17, 15) is 0 Å². The van der Waals surface area contributed by atoms with Crippen LogP contribution in [0, 0.1) is 0 Å². The van der Waals surface area contributed by atoms with Crippen molar-refractivity contribution < 1.29 is 29.9 Å². The summed E-state index contributed by atoms with van der Waals surface area (Å²) in [5.41, 5.74) is 4.22. The Labute approximate surface area is 223 Å². The Hall–Kier alpha value is -0.868. The Bertz CT molecular complexity index is 867. The molecule has 34 heavy (non-hydrogen) atoms. The zero-order chi connectivity index (χ0) is 23.2. The molecule has 0 unspecified atom stereocenters. The SMILES string of the molecule is CC(C)Oc1ccccc1-c1c(OC(C)C)cccc1P(C1CCCCC1)C1CCCCC1.[Pd]. The van der Waals surface area contributed by atoms with Crippen LogP contribution in [0.3, 0.4) is 0 Å². The van der Waals surface area contributed by atoms with E-state index in [1.54, 1.807) is 5.30 Å². The molecule has 4 rings (SSSR count). The molecule has 0 heterocycles. The Morgan fingerprint density at radius 2 is 1.15 bits per heavy atom. The van der Waals surface area contributed by atoms with Crippen LogP contribution in [0.4, 0.5) is 0 Å². The van der Waals surface area contributed by atoms with Gasteiger partial charge in [0, 0.05) is 31.5 Å². The fourth-order valence-corrected chi connectivity index (χ4v) is 9.77. The van der Waals surface area contributed by atoms with Gasteiger partial charge in [-0.15, -0.1) is 0 Å². The summed E-state index contributed by atoms with van der Waals surface area (Å²) in [5.74, 6) is 2.01. The summed E-state index contributed by atoms with van der Waals surface area (Å²) in [6.07, 6.45) is 14.4. The molecule has 0 amide bonds. The predicted octanol–water partition coefficient (Wildman–Crippen LogP) is 8.70. The van der Waals surface area contributed by atoms with Crippen molar-refractivity contribution in [2.24, 2.45) is 0 Å². The summed E-state index contributed by atoms with van der Waals surface area (Å²) in [5, 5.41) is 1.57. The molecule has 2 aliphatic rings. The van der Waals surface area contributed by atoms with Crippen molar-refractivity contribution in [2.45, 2.75) is 115 Å². The number of ether oxygens (including phenoxy) is 2. The van der Waals surface area contributed by atoms with Gasteiger partial charge in [0.1, 0.15) is 11.5 Å². The average Bonchev–Trinajstić information content (AvgIpc) is 2.81. The molecule has 2 aromatic rings. The van der Waals surface area contributed by atoms with Gasteiger partial charge >= 0.3 is 0 Å². The van der Waals surface area contributed by atoms with E-state index in [0.717, 1.165) is 22.8 Å². The number of hydrogen-bond acceptors (Lipinski definition) is 2. The van der Waals surface area contributed by atoms with Crippen molar-refractivity contribution in [1.29, 1.82) is 0 Å². The van der Waals surface area contributed by atoms with Crippen LogP contribution in [0.25, 0.3) is 11.1 Å². The molecule has 0 N–H and O–H groups in total. The summed E-state index contributed by atoms with van der Waals surface area (Å²) in [4.78, 5) is 0. The third-order valence-corrected chi connectivity index (χ3v) is 10.6. The quantitative estimate of drug-likeness (QED) is 0.233. The zero-order valence-electron chi connectivity index (χ0n) is 21.5. The smallest absolute Gasteiger partial charge is 0.128 e. The molecule has 2 nitrogen and oxygen atoms in total. The Balaban J connectivity index is 0.00000324. The molecule has 190 valence electrons. The number of benzene rings is 2. The fourth-order valence-electron chi connectivity index (χ4n) is 5.80. The summed E-state index contributed by atoms with van der Waals surface area (Å²) >= 11 is 0. The first-order valence-electron chi connectivity index (χ1n) is 13.4. The maximum Gasteiger partial charge on any atom is 0.128 e. The molecular formula is C30H43O2PPd. The maximum atomic E-state index is 6.48. The first-order valence-corrected chi connectivity index (χ1v) is 14.9. The second kappa shape index (κ2) is 13.4. The van der Waals surface area contributed by atoms with Crippen LogP contribution in [-0.2, 0) is 20.4 Å². The van der Waals surface area contributed by atoms with E-state index in [1.807, 2.05) is 0 Å². The van der Waals surface area contributed by atoms with Gasteiger partial charge in [0.05, 0.1) is 12.2 Å². The van der Waals surface area contributed by atoms with Gasteiger partial charge in [0.25, 0.3) is 0 Å². The standard InChI is InChI=1S/C30H43O2P.Pd/c1-22(2)31-27-19-12-11-18-26(27)30-28(32-23(3)4)20-13-21-29(30)33(24-14-7-5-8-15-24)25-16-9-6-10-17-25;/h11-13,18-25H,5-10,14-17H2,1-4H3;. The van der Waals surface area contributed by atoms with Gasteiger partial charge in [-0.1, -0.05) is 76.8 Å². The van der Waals surface area contributed by atoms with Crippen molar-refractivity contribution in [3.63, 3.8) is 0 Å². The first kappa shape index (κ1) is 27.7. The summed E-state index contributed by atoms with van der Waals surface area (Å²) < 4.78 is 12.8. The van der Waals surface area contributed by atoms with Gasteiger partial charge in [0.2, 0.25) is 0 Å². The van der Waals surface area contributed by atoms with Crippen LogP contribution in [-0.4, -0.2) is 23.5 Å². The number of hydrogen-bond donors (Lipinski definition) is 0. The molecule has 0 saturated heterocycles. The zero-order valence-corrected chi connectivity index (χ0v) is 24.0. The van der Waals surface area contributed by atoms with Gasteiger partial charge in [-0.05, 0) is 82.1 Å². The largest absolute Gasteiger partial charge is 0.490 e. The van der Waals surface area contributed by atoms with Crippen molar-refractivity contribution in [1.82, 2.24) is 0 Å². The molecule has 2 aliphatic carbocycles. The van der Waals surface area contributed by atoms with Crippen molar-refractivity contribution >= 4 is 13.2 Å². The monoisotopic (exact) mass is 572 g/mol. The number of para-hydroxylation sites is 1. The summed E-state index contributed by atoms with van der Waals surface area (Å²) in [6, 6.07) is 15.5. The Kier molecular flexibility index (Phi) is 11.0. The van der Waals surface area contributed by atoms with E-state index in [1.165, 1.54) is 75.3 Å². The van der Waals surface area contributed by atoms with Crippen molar-refractivity contribution in [3.05, 3.63) is 42.5 Å². The maximum absolute atomic E-state index is 6.48. The average molecular weight is 573 g/mol. The third kappa shape index (κ3) is 6.87. The second-order valence-corrected chi connectivity index (χ2v) is 13.2. The van der Waals surface area contributed by atoms with E-state index in [4.69, 9.17) is 9.47 Å². The molecular weight excluding hydrogens is 530 g/mol. The van der Waals surface area contributed by atoms with Gasteiger partial charge in [-0.3, -0.25) is 0 Å². The third-order valence-electron chi connectivity index (χ3n) is 7.10. The topological polar surface area (TPSA) is 18.5 Å². The summed E-state index contributed by atoms with van der Waals surface area (Å²) in [6.45, 7) is 8.51. The van der Waals surface area contributed by atoms with Gasteiger partial charge < -0.3 is 9.47 Å². The molecule has 0 spiro atoms. The predicted molar refractivity (Wildman–Crippen MR) is 144 cm³/mol. The van der Waals surface area contributed by atoms with Gasteiger partial charge in [-0.2, -0.15) is 0 Å². The van der Waals surface area contributed by atoms with E-state index in [-0.39, 0.29) is 40.6 Å². The van der Waals surface area contributed by atoms with Crippen LogP contribution in [0.15, 0.2) is 42.5 Å². The van der Waals surface area contributed by atoms with E-state index in [2.05, 4.69) is 70.2 Å². The van der Waals surface area contributed by atoms with Crippen LogP contribution >= 0.6 is 7.92 Å². The van der Waals surface area contributed by atoms with E-state index in [0.29, 0.717) is 0 Å². The van der Waals surface area contributed by atoms with Crippen LogP contribution in [0.1, 0.15) is 91.9 Å². The molecule has 0 bridgehead atoms. The molecule has 0 radical (unpaired) electrons. The van der Waals surface area contributed by atoms with Gasteiger partial charge in [0.15, 0.2) is 0 Å². The fraction of sp³-hybridized carbons (Fsp3) is 0.600. The minimum atomic E-state index is -0.246. The van der Waals surface area contributed by atoms with E-state index >= 15 is 0 Å². The van der Waals surface area contributed by atoms with Crippen molar-refractivity contribution in [2.75, 3.05) is 0 Å². The Morgan fingerprint density at radius 1 is 0.647 bits per heavy atom. The van der Waals surface area contributed by atoms with Crippen molar-refractivity contribution in [3.8, 4) is 22.6 Å².